The van der Waals surface area contributed by atoms with Gasteiger partial charge in [0.05, 0.1) is 12.3 Å². The van der Waals surface area contributed by atoms with E-state index in [-0.39, 0.29) is 18.6 Å². The van der Waals surface area contributed by atoms with Crippen molar-refractivity contribution in [2.24, 2.45) is 0 Å². The monoisotopic (exact) mass is 317 g/mol. The second-order valence-corrected chi connectivity index (χ2v) is 5.45. The highest BCUT2D eigenvalue weighted by atomic mass is 16.4. The average molecular weight is 317 g/mol. The highest BCUT2D eigenvalue weighted by molar-refractivity contribution is 5.74. The number of nitrogens with one attached hydrogen (secondary N) is 2. The zero-order chi connectivity index (χ0) is 16.7. The quantitative estimate of drug-likeness (QED) is 0.733. The molecule has 6 heteroatoms. The standard InChI is InChI=1S/C17H23N3O3/c1-3-7-14(21)10-19-17(22)20-12(2)16-18-11-15(23-16)13-8-5-4-6-9-13/h4-6,8-9,11-12,14,21H,3,7,10H2,1-2H3,(H2,19,20,22). The van der Waals surface area contributed by atoms with E-state index in [0.29, 0.717) is 18.1 Å². The van der Waals surface area contributed by atoms with Gasteiger partial charge in [-0.15, -0.1) is 0 Å². The summed E-state index contributed by atoms with van der Waals surface area (Å²) in [6, 6.07) is 8.93. The van der Waals surface area contributed by atoms with E-state index in [1.807, 2.05) is 37.3 Å². The summed E-state index contributed by atoms with van der Waals surface area (Å²) in [6.07, 6.45) is 2.66. The van der Waals surface area contributed by atoms with Crippen molar-refractivity contribution in [2.75, 3.05) is 6.54 Å². The summed E-state index contributed by atoms with van der Waals surface area (Å²) in [5, 5.41) is 15.0. The van der Waals surface area contributed by atoms with Crippen molar-refractivity contribution in [3.05, 3.63) is 42.4 Å². The molecular formula is C17H23N3O3. The van der Waals surface area contributed by atoms with E-state index in [9.17, 15) is 9.90 Å². The number of oxazole rings is 1. The van der Waals surface area contributed by atoms with Gasteiger partial charge < -0.3 is 20.2 Å². The van der Waals surface area contributed by atoms with Crippen LogP contribution in [0.5, 0.6) is 0 Å². The molecule has 0 spiro atoms. The topological polar surface area (TPSA) is 87.4 Å². The van der Waals surface area contributed by atoms with Crippen LogP contribution < -0.4 is 10.6 Å². The summed E-state index contributed by atoms with van der Waals surface area (Å²) in [5.74, 6) is 1.10. The second kappa shape index (κ2) is 8.33. The SMILES string of the molecule is CCCC(O)CNC(=O)NC(C)c1ncc(-c2ccccc2)o1. The fraction of sp³-hybridized carbons (Fsp3) is 0.412. The van der Waals surface area contributed by atoms with Gasteiger partial charge in [0.1, 0.15) is 6.04 Å². The Morgan fingerprint density at radius 3 is 2.78 bits per heavy atom. The molecule has 1 aromatic carbocycles. The molecular weight excluding hydrogens is 294 g/mol. The van der Waals surface area contributed by atoms with Gasteiger partial charge in [-0.25, -0.2) is 9.78 Å². The summed E-state index contributed by atoms with van der Waals surface area (Å²) in [4.78, 5) is 16.0. The number of hydrogen-bond acceptors (Lipinski definition) is 4. The largest absolute Gasteiger partial charge is 0.438 e. The smallest absolute Gasteiger partial charge is 0.315 e. The van der Waals surface area contributed by atoms with E-state index in [4.69, 9.17) is 4.42 Å². The first-order valence-electron chi connectivity index (χ1n) is 7.83. The molecule has 6 nitrogen and oxygen atoms in total. The lowest BCUT2D eigenvalue weighted by atomic mass is 10.2. The first-order chi connectivity index (χ1) is 11.1. The molecule has 2 amide bonds. The Kier molecular flexibility index (Phi) is 6.17. The Morgan fingerprint density at radius 1 is 1.35 bits per heavy atom. The van der Waals surface area contributed by atoms with E-state index >= 15 is 0 Å². The van der Waals surface area contributed by atoms with Crippen LogP contribution in [0.25, 0.3) is 11.3 Å². The lowest BCUT2D eigenvalue weighted by Gasteiger charge is -2.14. The fourth-order valence-electron chi connectivity index (χ4n) is 2.18. The predicted molar refractivity (Wildman–Crippen MR) is 87.8 cm³/mol. The zero-order valence-electron chi connectivity index (χ0n) is 13.5. The molecule has 0 fully saturated rings. The number of hydrogen-bond donors (Lipinski definition) is 3. The Labute approximate surface area is 135 Å². The van der Waals surface area contributed by atoms with Gasteiger partial charge in [0.2, 0.25) is 5.89 Å². The van der Waals surface area contributed by atoms with Crippen molar-refractivity contribution in [2.45, 2.75) is 38.8 Å². The van der Waals surface area contributed by atoms with Crippen molar-refractivity contribution >= 4 is 6.03 Å². The molecule has 0 bridgehead atoms. The van der Waals surface area contributed by atoms with Gasteiger partial charge in [-0.2, -0.15) is 0 Å². The number of urea groups is 1. The van der Waals surface area contributed by atoms with E-state index in [1.165, 1.54) is 0 Å². The predicted octanol–water partition coefficient (Wildman–Crippen LogP) is 2.86. The minimum Gasteiger partial charge on any atom is -0.438 e. The third-order valence-corrected chi connectivity index (χ3v) is 3.42. The van der Waals surface area contributed by atoms with Gasteiger partial charge in [-0.1, -0.05) is 43.7 Å². The lowest BCUT2D eigenvalue weighted by molar-refractivity contribution is 0.159. The van der Waals surface area contributed by atoms with Gasteiger partial charge in [0.25, 0.3) is 0 Å². The number of amides is 2. The summed E-state index contributed by atoms with van der Waals surface area (Å²) < 4.78 is 5.69. The van der Waals surface area contributed by atoms with Crippen LogP contribution in [0.1, 0.15) is 38.6 Å². The van der Waals surface area contributed by atoms with Crippen LogP contribution in [-0.4, -0.2) is 28.8 Å². The number of aromatic nitrogens is 1. The van der Waals surface area contributed by atoms with Crippen molar-refractivity contribution in [3.8, 4) is 11.3 Å². The normalized spacial score (nSPS) is 13.3. The molecule has 0 saturated heterocycles. The lowest BCUT2D eigenvalue weighted by Crippen LogP contribution is -2.40. The van der Waals surface area contributed by atoms with Crippen LogP contribution in [0.4, 0.5) is 4.79 Å². The third kappa shape index (κ3) is 5.10. The maximum absolute atomic E-state index is 11.8. The molecule has 2 aromatic rings. The Bertz CT molecular complexity index is 613. The van der Waals surface area contributed by atoms with E-state index < -0.39 is 6.10 Å². The number of carbonyl (C=O) groups is 1. The summed E-state index contributed by atoms with van der Waals surface area (Å²) in [5.41, 5.74) is 0.936. The minimum absolute atomic E-state index is 0.229. The van der Waals surface area contributed by atoms with Gasteiger partial charge in [-0.05, 0) is 13.3 Å². The summed E-state index contributed by atoms with van der Waals surface area (Å²) in [6.45, 7) is 4.01. The Balaban J connectivity index is 1.87. The van der Waals surface area contributed by atoms with Crippen molar-refractivity contribution < 1.29 is 14.3 Å². The summed E-state index contributed by atoms with van der Waals surface area (Å²) in [7, 11) is 0. The summed E-state index contributed by atoms with van der Waals surface area (Å²) >= 11 is 0. The first-order valence-corrected chi connectivity index (χ1v) is 7.83. The highest BCUT2D eigenvalue weighted by Crippen LogP contribution is 2.22. The van der Waals surface area contributed by atoms with Gasteiger partial charge in [-0.3, -0.25) is 0 Å². The molecule has 0 radical (unpaired) electrons. The second-order valence-electron chi connectivity index (χ2n) is 5.45. The van der Waals surface area contributed by atoms with Crippen LogP contribution in [0.15, 0.2) is 40.9 Å². The molecule has 0 aliphatic rings. The Morgan fingerprint density at radius 2 is 2.09 bits per heavy atom. The van der Waals surface area contributed by atoms with Crippen molar-refractivity contribution in [1.29, 1.82) is 0 Å². The maximum Gasteiger partial charge on any atom is 0.315 e. The number of aliphatic hydroxyl groups excluding tert-OH is 1. The number of nitrogens with zero attached hydrogens (tertiary/aromatic N) is 1. The van der Waals surface area contributed by atoms with Crippen LogP contribution in [0, 0.1) is 0 Å². The van der Waals surface area contributed by atoms with Gasteiger partial charge >= 0.3 is 6.03 Å². The average Bonchev–Trinajstić information content (AvgIpc) is 3.04. The van der Waals surface area contributed by atoms with Crippen LogP contribution in [0.3, 0.4) is 0 Å². The van der Waals surface area contributed by atoms with Crippen molar-refractivity contribution in [3.63, 3.8) is 0 Å². The van der Waals surface area contributed by atoms with E-state index in [0.717, 1.165) is 12.0 Å². The van der Waals surface area contributed by atoms with Crippen molar-refractivity contribution in [1.82, 2.24) is 15.6 Å². The molecule has 0 saturated carbocycles. The van der Waals surface area contributed by atoms with E-state index in [1.54, 1.807) is 13.1 Å². The van der Waals surface area contributed by atoms with Gasteiger partial charge in [0, 0.05) is 12.1 Å². The molecule has 0 aliphatic heterocycles. The minimum atomic E-state index is -0.521. The van der Waals surface area contributed by atoms with Gasteiger partial charge in [0.15, 0.2) is 5.76 Å². The number of rotatable bonds is 7. The first kappa shape index (κ1) is 17.0. The molecule has 2 unspecified atom stereocenters. The third-order valence-electron chi connectivity index (χ3n) is 3.42. The molecule has 23 heavy (non-hydrogen) atoms. The number of benzene rings is 1. The molecule has 2 rings (SSSR count). The zero-order valence-corrected chi connectivity index (χ0v) is 13.5. The highest BCUT2D eigenvalue weighted by Gasteiger charge is 2.16. The molecule has 124 valence electrons. The fourth-order valence-corrected chi connectivity index (χ4v) is 2.18. The van der Waals surface area contributed by atoms with Crippen LogP contribution >= 0.6 is 0 Å². The molecule has 3 N–H and O–H groups in total. The molecule has 1 aromatic heterocycles. The molecule has 1 heterocycles. The number of aliphatic hydroxyl groups is 1. The van der Waals surface area contributed by atoms with Crippen LogP contribution in [0.2, 0.25) is 0 Å². The maximum atomic E-state index is 11.8. The van der Waals surface area contributed by atoms with E-state index in [2.05, 4.69) is 15.6 Å². The molecule has 2 atom stereocenters. The van der Waals surface area contributed by atoms with Crippen LogP contribution in [-0.2, 0) is 0 Å². The number of carbonyl (C=O) groups excluding carboxylic acids is 1. The molecule has 0 aliphatic carbocycles. The Hall–Kier alpha value is -2.34.